The molecule has 0 amide bonds. The average Bonchev–Trinajstić information content (AvgIpc) is 2.72. The summed E-state index contributed by atoms with van der Waals surface area (Å²) >= 11 is 3.46. The number of aromatic nitrogens is 1. The SMILES string of the molecule is CC1COC2(CCN(c3cncc(Br)c3)CC2)O1. The summed E-state index contributed by atoms with van der Waals surface area (Å²) in [4.78, 5) is 6.54. The Labute approximate surface area is 115 Å². The lowest BCUT2D eigenvalue weighted by Crippen LogP contribution is -2.45. The minimum Gasteiger partial charge on any atom is -0.370 e. The third-order valence-electron chi connectivity index (χ3n) is 3.58. The van der Waals surface area contributed by atoms with Gasteiger partial charge in [0.2, 0.25) is 0 Å². The van der Waals surface area contributed by atoms with Crippen LogP contribution < -0.4 is 4.90 Å². The third kappa shape index (κ3) is 2.39. The van der Waals surface area contributed by atoms with Crippen LogP contribution in [0, 0.1) is 0 Å². The Kier molecular flexibility index (Phi) is 3.30. The highest BCUT2D eigenvalue weighted by Gasteiger charge is 2.42. The van der Waals surface area contributed by atoms with E-state index in [0.717, 1.165) is 42.7 Å². The number of anilines is 1. The van der Waals surface area contributed by atoms with Gasteiger partial charge >= 0.3 is 0 Å². The maximum atomic E-state index is 5.92. The summed E-state index contributed by atoms with van der Waals surface area (Å²) in [5, 5.41) is 0. The van der Waals surface area contributed by atoms with Crippen molar-refractivity contribution in [3.63, 3.8) is 0 Å². The first-order valence-corrected chi connectivity index (χ1v) is 7.13. The van der Waals surface area contributed by atoms with Crippen molar-refractivity contribution in [2.24, 2.45) is 0 Å². The van der Waals surface area contributed by atoms with Gasteiger partial charge in [0.25, 0.3) is 0 Å². The number of piperidine rings is 1. The largest absolute Gasteiger partial charge is 0.370 e. The van der Waals surface area contributed by atoms with E-state index < -0.39 is 0 Å². The van der Waals surface area contributed by atoms with E-state index in [9.17, 15) is 0 Å². The van der Waals surface area contributed by atoms with Crippen LogP contribution in [0.3, 0.4) is 0 Å². The Morgan fingerprint density at radius 3 is 2.78 bits per heavy atom. The predicted molar refractivity (Wildman–Crippen MR) is 72.6 cm³/mol. The standard InChI is InChI=1S/C13H17BrN2O2/c1-10-9-17-13(18-10)2-4-16(5-3-13)12-6-11(14)7-15-8-12/h6-8,10H,2-5,9H2,1H3. The molecule has 2 fully saturated rings. The van der Waals surface area contributed by atoms with Gasteiger partial charge in [-0.05, 0) is 28.9 Å². The zero-order valence-corrected chi connectivity index (χ0v) is 12.0. The number of ether oxygens (including phenoxy) is 2. The van der Waals surface area contributed by atoms with Crippen molar-refractivity contribution >= 4 is 21.6 Å². The molecule has 2 aliphatic heterocycles. The van der Waals surface area contributed by atoms with Gasteiger partial charge in [-0.2, -0.15) is 0 Å². The lowest BCUT2D eigenvalue weighted by atomic mass is 10.0. The Morgan fingerprint density at radius 1 is 1.39 bits per heavy atom. The quantitative estimate of drug-likeness (QED) is 0.798. The van der Waals surface area contributed by atoms with Gasteiger partial charge in [-0.15, -0.1) is 0 Å². The van der Waals surface area contributed by atoms with Crippen molar-refractivity contribution in [1.82, 2.24) is 4.98 Å². The van der Waals surface area contributed by atoms with E-state index in [1.54, 1.807) is 6.20 Å². The van der Waals surface area contributed by atoms with Crippen LogP contribution in [0.25, 0.3) is 0 Å². The fraction of sp³-hybridized carbons (Fsp3) is 0.615. The second kappa shape index (κ2) is 4.79. The second-order valence-corrected chi connectivity index (χ2v) is 5.91. The number of hydrogen-bond donors (Lipinski definition) is 0. The van der Waals surface area contributed by atoms with Crippen molar-refractivity contribution in [3.8, 4) is 0 Å². The molecule has 5 heteroatoms. The van der Waals surface area contributed by atoms with Crippen molar-refractivity contribution < 1.29 is 9.47 Å². The molecule has 1 unspecified atom stereocenters. The average molecular weight is 313 g/mol. The lowest BCUT2D eigenvalue weighted by molar-refractivity contribution is -0.178. The zero-order chi connectivity index (χ0) is 12.6. The van der Waals surface area contributed by atoms with Gasteiger partial charge in [0.15, 0.2) is 5.79 Å². The van der Waals surface area contributed by atoms with Crippen LogP contribution in [0.2, 0.25) is 0 Å². The molecule has 2 saturated heterocycles. The molecule has 0 radical (unpaired) electrons. The predicted octanol–water partition coefficient (Wildman–Crippen LogP) is 2.58. The number of halogens is 1. The topological polar surface area (TPSA) is 34.6 Å². The van der Waals surface area contributed by atoms with Crippen LogP contribution in [0.4, 0.5) is 5.69 Å². The molecule has 98 valence electrons. The highest BCUT2D eigenvalue weighted by molar-refractivity contribution is 9.10. The Hall–Kier alpha value is -0.650. The number of rotatable bonds is 1. The molecule has 0 saturated carbocycles. The summed E-state index contributed by atoms with van der Waals surface area (Å²) in [6.45, 7) is 4.69. The van der Waals surface area contributed by atoms with Gasteiger partial charge in [-0.3, -0.25) is 4.98 Å². The number of hydrogen-bond acceptors (Lipinski definition) is 4. The maximum absolute atomic E-state index is 5.92. The summed E-state index contributed by atoms with van der Waals surface area (Å²) in [7, 11) is 0. The first-order valence-electron chi connectivity index (χ1n) is 6.34. The normalized spacial score (nSPS) is 26.8. The molecule has 1 spiro atoms. The van der Waals surface area contributed by atoms with E-state index in [2.05, 4.69) is 38.8 Å². The van der Waals surface area contributed by atoms with E-state index in [4.69, 9.17) is 9.47 Å². The molecule has 3 rings (SSSR count). The minimum absolute atomic E-state index is 0.226. The molecule has 18 heavy (non-hydrogen) atoms. The van der Waals surface area contributed by atoms with Gasteiger partial charge in [0.05, 0.1) is 24.6 Å². The molecule has 0 N–H and O–H groups in total. The Bertz CT molecular complexity index is 433. The Balaban J connectivity index is 1.67. The molecule has 1 aromatic heterocycles. The monoisotopic (exact) mass is 312 g/mol. The summed E-state index contributed by atoms with van der Waals surface area (Å²) in [6, 6.07) is 2.10. The number of pyridine rings is 1. The van der Waals surface area contributed by atoms with Gasteiger partial charge < -0.3 is 14.4 Å². The first-order chi connectivity index (χ1) is 8.67. The molecule has 0 aromatic carbocycles. The minimum atomic E-state index is -0.324. The van der Waals surface area contributed by atoms with Crippen LogP contribution in [-0.2, 0) is 9.47 Å². The molecular formula is C13H17BrN2O2. The Morgan fingerprint density at radius 2 is 2.17 bits per heavy atom. The van der Waals surface area contributed by atoms with E-state index in [0.29, 0.717) is 0 Å². The molecule has 4 nitrogen and oxygen atoms in total. The van der Waals surface area contributed by atoms with Crippen LogP contribution >= 0.6 is 15.9 Å². The van der Waals surface area contributed by atoms with Crippen LogP contribution in [0.5, 0.6) is 0 Å². The van der Waals surface area contributed by atoms with Crippen molar-refractivity contribution in [2.75, 3.05) is 24.6 Å². The summed E-state index contributed by atoms with van der Waals surface area (Å²) in [5.74, 6) is -0.324. The lowest BCUT2D eigenvalue weighted by Gasteiger charge is -2.38. The molecule has 3 heterocycles. The highest BCUT2D eigenvalue weighted by atomic mass is 79.9. The molecule has 0 aliphatic carbocycles. The summed E-state index contributed by atoms with van der Waals surface area (Å²) < 4.78 is 12.8. The smallest absolute Gasteiger partial charge is 0.172 e. The molecule has 0 bridgehead atoms. The van der Waals surface area contributed by atoms with Crippen molar-refractivity contribution in [1.29, 1.82) is 0 Å². The van der Waals surface area contributed by atoms with Gasteiger partial charge in [0.1, 0.15) is 0 Å². The van der Waals surface area contributed by atoms with Crippen LogP contribution in [-0.4, -0.2) is 36.6 Å². The number of nitrogens with zero attached hydrogens (tertiary/aromatic N) is 2. The molecule has 2 aliphatic rings. The van der Waals surface area contributed by atoms with Crippen LogP contribution in [0.1, 0.15) is 19.8 Å². The summed E-state index contributed by atoms with van der Waals surface area (Å²) in [6.07, 6.45) is 5.78. The maximum Gasteiger partial charge on any atom is 0.172 e. The van der Waals surface area contributed by atoms with Crippen LogP contribution in [0.15, 0.2) is 22.9 Å². The first kappa shape index (κ1) is 12.4. The van der Waals surface area contributed by atoms with Crippen molar-refractivity contribution in [3.05, 3.63) is 22.9 Å². The fourth-order valence-electron chi connectivity index (χ4n) is 2.65. The van der Waals surface area contributed by atoms with Gasteiger partial charge in [0, 0.05) is 36.6 Å². The van der Waals surface area contributed by atoms with E-state index in [1.807, 2.05) is 6.20 Å². The second-order valence-electron chi connectivity index (χ2n) is 5.00. The van der Waals surface area contributed by atoms with E-state index in [-0.39, 0.29) is 11.9 Å². The molecule has 1 atom stereocenters. The van der Waals surface area contributed by atoms with E-state index in [1.165, 1.54) is 0 Å². The zero-order valence-electron chi connectivity index (χ0n) is 10.4. The third-order valence-corrected chi connectivity index (χ3v) is 4.01. The highest BCUT2D eigenvalue weighted by Crippen LogP contribution is 2.35. The molecular weight excluding hydrogens is 296 g/mol. The van der Waals surface area contributed by atoms with Gasteiger partial charge in [-0.25, -0.2) is 0 Å². The van der Waals surface area contributed by atoms with Gasteiger partial charge in [-0.1, -0.05) is 0 Å². The van der Waals surface area contributed by atoms with E-state index >= 15 is 0 Å². The summed E-state index contributed by atoms with van der Waals surface area (Å²) in [5.41, 5.74) is 1.16. The van der Waals surface area contributed by atoms with Crippen molar-refractivity contribution in [2.45, 2.75) is 31.7 Å². The molecule has 1 aromatic rings. The fourth-order valence-corrected chi connectivity index (χ4v) is 3.00.